The summed E-state index contributed by atoms with van der Waals surface area (Å²) in [5.74, 6) is 1.64. The number of amides is 1. The number of nitrogens with zero attached hydrogens (tertiary/aromatic N) is 5. The van der Waals surface area contributed by atoms with Gasteiger partial charge in [-0.1, -0.05) is 0 Å². The molecule has 2 aromatic heterocycles. The first-order valence-corrected chi connectivity index (χ1v) is 11.9. The van der Waals surface area contributed by atoms with Crippen LogP contribution < -0.4 is 20.4 Å². The van der Waals surface area contributed by atoms with Crippen LogP contribution in [0, 0.1) is 6.92 Å². The molecule has 0 saturated carbocycles. The molecule has 0 bridgehead atoms. The Labute approximate surface area is 203 Å². The van der Waals surface area contributed by atoms with Gasteiger partial charge < -0.3 is 19.5 Å². The van der Waals surface area contributed by atoms with Crippen LogP contribution in [0.4, 0.5) is 5.82 Å². The van der Waals surface area contributed by atoms with Crippen LogP contribution in [0.5, 0.6) is 11.5 Å². The van der Waals surface area contributed by atoms with Crippen molar-refractivity contribution in [2.45, 2.75) is 19.9 Å². The van der Waals surface area contributed by atoms with Gasteiger partial charge in [0.25, 0.3) is 5.91 Å². The summed E-state index contributed by atoms with van der Waals surface area (Å²) >= 11 is 0. The van der Waals surface area contributed by atoms with Crippen LogP contribution in [0.15, 0.2) is 35.5 Å². The van der Waals surface area contributed by atoms with Crippen LogP contribution in [0.2, 0.25) is 0 Å². The van der Waals surface area contributed by atoms with E-state index in [-0.39, 0.29) is 5.91 Å². The topological polar surface area (TPSA) is 103 Å². The molecule has 1 N–H and O–H groups in total. The molecule has 1 fully saturated rings. The molecule has 1 aromatic carbocycles. The van der Waals surface area contributed by atoms with E-state index in [1.54, 1.807) is 32.4 Å². The fourth-order valence-electron chi connectivity index (χ4n) is 4.50. The number of hydrogen-bond acceptors (Lipinski definition) is 8. The number of benzene rings is 1. The Morgan fingerprint density at radius 3 is 2.89 bits per heavy atom. The highest BCUT2D eigenvalue weighted by Crippen LogP contribution is 2.37. The van der Waals surface area contributed by atoms with Crippen LogP contribution in [0.1, 0.15) is 22.5 Å². The lowest BCUT2D eigenvalue weighted by atomic mass is 10.2. The standard InChI is InChI=1S/C25H30N6O4/c1-17-18(5-3-8-26-17)24(32)29-25-28-21-19(23-27-9-11-31(23)25)6-7-20(22(21)33-2)35-14-4-10-30-12-15-34-16-13-30/h3,5-8,27H,4,9-16H2,1-2H3. The summed E-state index contributed by atoms with van der Waals surface area (Å²) in [4.78, 5) is 28.7. The maximum atomic E-state index is 12.9. The number of ether oxygens (including phenoxy) is 3. The highest BCUT2D eigenvalue weighted by molar-refractivity contribution is 5.97. The van der Waals surface area contributed by atoms with E-state index in [0.29, 0.717) is 47.0 Å². The second-order valence-electron chi connectivity index (χ2n) is 8.54. The number of hydrogen-bond donors (Lipinski definition) is 1. The fourth-order valence-corrected chi connectivity index (χ4v) is 4.50. The monoisotopic (exact) mass is 478 g/mol. The molecule has 0 unspecified atom stereocenters. The fraction of sp³-hybridized carbons (Fsp3) is 0.440. The Morgan fingerprint density at radius 1 is 1.23 bits per heavy atom. The van der Waals surface area contributed by atoms with E-state index in [1.807, 2.05) is 16.7 Å². The molecule has 0 atom stereocenters. The van der Waals surface area contributed by atoms with E-state index < -0.39 is 0 Å². The number of pyridine rings is 1. The number of carbonyl (C=O) groups is 1. The molecule has 1 saturated heterocycles. The number of aromatic nitrogens is 3. The summed E-state index contributed by atoms with van der Waals surface area (Å²) in [7, 11) is 1.60. The summed E-state index contributed by atoms with van der Waals surface area (Å²) < 4.78 is 19.2. The Kier molecular flexibility index (Phi) is 6.91. The number of anilines is 1. The molecule has 3 aromatic rings. The van der Waals surface area contributed by atoms with Crippen molar-refractivity contribution in [2.75, 3.05) is 58.4 Å². The number of morpholine rings is 1. The lowest BCUT2D eigenvalue weighted by Crippen LogP contribution is -2.37. The molecule has 1 amide bonds. The van der Waals surface area contributed by atoms with Crippen LogP contribution in [0.3, 0.4) is 0 Å². The zero-order valence-electron chi connectivity index (χ0n) is 20.1. The van der Waals surface area contributed by atoms with Crippen LogP contribution in [-0.2, 0) is 11.3 Å². The third-order valence-electron chi connectivity index (χ3n) is 6.32. The summed E-state index contributed by atoms with van der Waals surface area (Å²) in [6.45, 7) is 8.21. The van der Waals surface area contributed by atoms with Crippen LogP contribution in [0.25, 0.3) is 10.9 Å². The molecule has 4 heterocycles. The Bertz CT molecular complexity index is 1300. The number of aryl methyl sites for hydroxylation is 1. The molecule has 5 rings (SSSR count). The van der Waals surface area contributed by atoms with Gasteiger partial charge in [0.15, 0.2) is 11.5 Å². The zero-order chi connectivity index (χ0) is 24.2. The van der Waals surface area contributed by atoms with Gasteiger partial charge in [-0.25, -0.2) is 4.98 Å². The molecule has 0 radical (unpaired) electrons. The molecule has 10 nitrogen and oxygen atoms in total. The third-order valence-corrected chi connectivity index (χ3v) is 6.32. The highest BCUT2D eigenvalue weighted by Gasteiger charge is 2.21. The first-order chi connectivity index (χ1) is 17.2. The van der Waals surface area contributed by atoms with Gasteiger partial charge in [0.1, 0.15) is 11.3 Å². The Balaban J connectivity index is 1.45. The van der Waals surface area contributed by atoms with Gasteiger partial charge in [0.2, 0.25) is 5.62 Å². The molecule has 0 aliphatic carbocycles. The predicted molar refractivity (Wildman–Crippen MR) is 131 cm³/mol. The van der Waals surface area contributed by atoms with Crippen molar-refractivity contribution in [3.8, 4) is 11.5 Å². The second-order valence-corrected chi connectivity index (χ2v) is 8.54. The first kappa shape index (κ1) is 23.3. The highest BCUT2D eigenvalue weighted by atomic mass is 16.5. The van der Waals surface area contributed by atoms with Crippen molar-refractivity contribution in [1.82, 2.24) is 19.4 Å². The smallest absolute Gasteiger partial charge is 0.282 e. The van der Waals surface area contributed by atoms with Crippen molar-refractivity contribution in [2.24, 2.45) is 4.99 Å². The maximum Gasteiger partial charge on any atom is 0.282 e. The molecular weight excluding hydrogens is 448 g/mol. The van der Waals surface area contributed by atoms with Gasteiger partial charge in [0.05, 0.1) is 38.2 Å². The second kappa shape index (κ2) is 10.4. The summed E-state index contributed by atoms with van der Waals surface area (Å²) in [6, 6.07) is 7.35. The lowest BCUT2D eigenvalue weighted by molar-refractivity contribution is 0.0357. The van der Waals surface area contributed by atoms with E-state index in [1.165, 1.54) is 0 Å². The van der Waals surface area contributed by atoms with Crippen molar-refractivity contribution in [3.05, 3.63) is 47.3 Å². The number of rotatable bonds is 7. The number of fused-ring (bicyclic) bond motifs is 3. The van der Waals surface area contributed by atoms with E-state index in [9.17, 15) is 4.79 Å². The van der Waals surface area contributed by atoms with E-state index in [4.69, 9.17) is 19.2 Å². The molecule has 0 spiro atoms. The van der Waals surface area contributed by atoms with Crippen LogP contribution in [-0.4, -0.2) is 78.5 Å². The summed E-state index contributed by atoms with van der Waals surface area (Å²) in [6.07, 6.45) is 2.56. The minimum Gasteiger partial charge on any atom is -0.491 e. The summed E-state index contributed by atoms with van der Waals surface area (Å²) in [5.41, 5.74) is 2.02. The quantitative estimate of drug-likeness (QED) is 0.515. The van der Waals surface area contributed by atoms with E-state index in [2.05, 4.69) is 20.2 Å². The average Bonchev–Trinajstić information content (AvgIpc) is 3.38. The van der Waals surface area contributed by atoms with Gasteiger partial charge in [0, 0.05) is 44.3 Å². The minimum atomic E-state index is -0.376. The van der Waals surface area contributed by atoms with Gasteiger partial charge in [-0.3, -0.25) is 19.2 Å². The Hall–Kier alpha value is -3.50. The predicted octanol–water partition coefficient (Wildman–Crippen LogP) is 2.02. The van der Waals surface area contributed by atoms with Crippen molar-refractivity contribution >= 4 is 22.6 Å². The van der Waals surface area contributed by atoms with Gasteiger partial charge in [-0.05, 0) is 37.6 Å². The first-order valence-electron chi connectivity index (χ1n) is 11.9. The van der Waals surface area contributed by atoms with Crippen molar-refractivity contribution in [3.63, 3.8) is 0 Å². The largest absolute Gasteiger partial charge is 0.491 e. The zero-order valence-corrected chi connectivity index (χ0v) is 20.1. The van der Waals surface area contributed by atoms with Gasteiger partial charge >= 0.3 is 0 Å². The lowest BCUT2D eigenvalue weighted by Gasteiger charge is -2.26. The molecule has 184 valence electrons. The Morgan fingerprint density at radius 2 is 2.09 bits per heavy atom. The maximum absolute atomic E-state index is 12.9. The van der Waals surface area contributed by atoms with Gasteiger partial charge in [-0.15, -0.1) is 0 Å². The SMILES string of the molecule is COc1c(OCCCN2CCOCC2)ccc2c3n(c(=NC(=O)c4cccnc4C)nc12)CCN3. The molecule has 10 heteroatoms. The van der Waals surface area contributed by atoms with Crippen molar-refractivity contribution < 1.29 is 19.0 Å². The number of carbonyl (C=O) groups excluding carboxylic acids is 1. The number of methoxy groups -OCH3 is 1. The average molecular weight is 479 g/mol. The van der Waals surface area contributed by atoms with E-state index >= 15 is 0 Å². The normalized spacial score (nSPS) is 16.2. The number of nitrogens with one attached hydrogen (secondary N) is 1. The molecule has 2 aliphatic heterocycles. The van der Waals surface area contributed by atoms with E-state index in [0.717, 1.165) is 57.0 Å². The van der Waals surface area contributed by atoms with Gasteiger partial charge in [-0.2, -0.15) is 4.99 Å². The minimum absolute atomic E-state index is 0.327. The van der Waals surface area contributed by atoms with Crippen molar-refractivity contribution in [1.29, 1.82) is 0 Å². The third kappa shape index (κ3) is 4.85. The molecule has 35 heavy (non-hydrogen) atoms. The van der Waals surface area contributed by atoms with Crippen LogP contribution >= 0.6 is 0 Å². The molecule has 2 aliphatic rings. The molecular formula is C25H30N6O4. The summed E-state index contributed by atoms with van der Waals surface area (Å²) in [5, 5.41) is 4.29.